The summed E-state index contributed by atoms with van der Waals surface area (Å²) in [6.45, 7) is 9.33. The maximum absolute atomic E-state index is 5.52. The summed E-state index contributed by atoms with van der Waals surface area (Å²) in [4.78, 5) is 7.87. The minimum atomic E-state index is 0.344. The number of hydrogen-bond acceptors (Lipinski definition) is 6. The monoisotopic (exact) mass is 397 g/mol. The predicted octanol–water partition coefficient (Wildman–Crippen LogP) is 1.93. The third-order valence-electron chi connectivity index (χ3n) is 6.41. The van der Waals surface area contributed by atoms with E-state index in [1.54, 1.807) is 0 Å². The standard InChI is InChI=1S/C22H31N5O2/c1-24-13-19(12-23-24)15-26-6-2-3-20(16-26)27-9-7-25(8-10-27)14-18-4-5-21-22(11-18)29-17-28-21/h4-5,11-13,20H,2-3,6-10,14-17H2,1H3. The van der Waals surface area contributed by atoms with Gasteiger partial charge in [-0.2, -0.15) is 5.10 Å². The van der Waals surface area contributed by atoms with Crippen LogP contribution in [0.25, 0.3) is 0 Å². The fourth-order valence-corrected chi connectivity index (χ4v) is 4.87. The van der Waals surface area contributed by atoms with Gasteiger partial charge in [-0.15, -0.1) is 0 Å². The normalized spacial score (nSPS) is 23.6. The molecule has 2 saturated heterocycles. The van der Waals surface area contributed by atoms with Crippen LogP contribution in [0.15, 0.2) is 30.6 Å². The number of aryl methyl sites for hydroxylation is 1. The van der Waals surface area contributed by atoms with Crippen molar-refractivity contribution in [2.45, 2.75) is 32.0 Å². The van der Waals surface area contributed by atoms with E-state index < -0.39 is 0 Å². The van der Waals surface area contributed by atoms with Gasteiger partial charge in [0.05, 0.1) is 6.20 Å². The second-order valence-electron chi connectivity index (χ2n) is 8.55. The number of nitrogens with zero attached hydrogens (tertiary/aromatic N) is 5. The van der Waals surface area contributed by atoms with Gasteiger partial charge in [0.15, 0.2) is 11.5 Å². The molecule has 29 heavy (non-hydrogen) atoms. The van der Waals surface area contributed by atoms with Crippen LogP contribution in [0.5, 0.6) is 11.5 Å². The lowest BCUT2D eigenvalue weighted by atomic mass is 10.0. The lowest BCUT2D eigenvalue weighted by Gasteiger charge is -2.43. The molecule has 0 radical (unpaired) electrons. The first-order chi connectivity index (χ1) is 14.2. The molecule has 0 bridgehead atoms. The molecule has 4 heterocycles. The van der Waals surface area contributed by atoms with Crippen LogP contribution in [0.2, 0.25) is 0 Å². The number of ether oxygens (including phenoxy) is 2. The molecule has 0 spiro atoms. The van der Waals surface area contributed by atoms with Gasteiger partial charge in [-0.3, -0.25) is 19.4 Å². The van der Waals surface area contributed by atoms with Crippen molar-refractivity contribution in [1.82, 2.24) is 24.5 Å². The van der Waals surface area contributed by atoms with Crippen molar-refractivity contribution < 1.29 is 9.47 Å². The van der Waals surface area contributed by atoms with E-state index in [-0.39, 0.29) is 0 Å². The van der Waals surface area contributed by atoms with Crippen LogP contribution in [0.4, 0.5) is 0 Å². The smallest absolute Gasteiger partial charge is 0.231 e. The Balaban J connectivity index is 1.11. The molecule has 3 aliphatic heterocycles. The molecule has 0 aliphatic carbocycles. The van der Waals surface area contributed by atoms with E-state index in [4.69, 9.17) is 9.47 Å². The van der Waals surface area contributed by atoms with Gasteiger partial charge < -0.3 is 9.47 Å². The van der Waals surface area contributed by atoms with Crippen molar-refractivity contribution in [1.29, 1.82) is 0 Å². The lowest BCUT2D eigenvalue weighted by molar-refractivity contribution is 0.0477. The highest BCUT2D eigenvalue weighted by Crippen LogP contribution is 2.33. The molecule has 3 aliphatic rings. The number of likely N-dealkylation sites (tertiary alicyclic amines) is 1. The van der Waals surface area contributed by atoms with E-state index in [1.165, 1.54) is 37.1 Å². The predicted molar refractivity (Wildman–Crippen MR) is 111 cm³/mol. The molecule has 1 atom stereocenters. The van der Waals surface area contributed by atoms with Gasteiger partial charge in [0, 0.05) is 70.7 Å². The maximum Gasteiger partial charge on any atom is 0.231 e. The number of rotatable bonds is 5. The van der Waals surface area contributed by atoms with Gasteiger partial charge >= 0.3 is 0 Å². The van der Waals surface area contributed by atoms with Gasteiger partial charge in [0.1, 0.15) is 0 Å². The van der Waals surface area contributed by atoms with Gasteiger partial charge in [-0.05, 0) is 37.1 Å². The zero-order valence-electron chi connectivity index (χ0n) is 17.3. The van der Waals surface area contributed by atoms with Gasteiger partial charge in [0.25, 0.3) is 0 Å². The maximum atomic E-state index is 5.52. The third kappa shape index (κ3) is 4.42. The first-order valence-corrected chi connectivity index (χ1v) is 10.8. The molecule has 0 N–H and O–H groups in total. The van der Waals surface area contributed by atoms with Crippen LogP contribution in [0, 0.1) is 0 Å². The van der Waals surface area contributed by atoms with E-state index in [0.717, 1.165) is 50.8 Å². The molecule has 7 nitrogen and oxygen atoms in total. The number of piperidine rings is 1. The average molecular weight is 398 g/mol. The molecular weight excluding hydrogens is 366 g/mol. The Bertz CT molecular complexity index is 830. The van der Waals surface area contributed by atoms with E-state index in [2.05, 4.69) is 38.1 Å². The van der Waals surface area contributed by atoms with E-state index in [9.17, 15) is 0 Å². The SMILES string of the molecule is Cn1cc(CN2CCCC(N3CCN(Cc4ccc5c(c4)OCO5)CC3)C2)cn1. The Morgan fingerprint density at radius 2 is 1.79 bits per heavy atom. The zero-order chi connectivity index (χ0) is 19.6. The zero-order valence-corrected chi connectivity index (χ0v) is 17.3. The first-order valence-electron chi connectivity index (χ1n) is 10.8. The molecule has 156 valence electrons. The Kier molecular flexibility index (Phi) is 5.44. The van der Waals surface area contributed by atoms with Crippen molar-refractivity contribution in [3.63, 3.8) is 0 Å². The van der Waals surface area contributed by atoms with Crippen LogP contribution in [0.1, 0.15) is 24.0 Å². The van der Waals surface area contributed by atoms with Crippen molar-refractivity contribution in [2.75, 3.05) is 46.1 Å². The minimum absolute atomic E-state index is 0.344. The molecule has 5 rings (SSSR count). The number of benzene rings is 1. The molecule has 2 fully saturated rings. The summed E-state index contributed by atoms with van der Waals surface area (Å²) in [7, 11) is 1.99. The number of piperazine rings is 1. The van der Waals surface area contributed by atoms with Crippen molar-refractivity contribution in [2.24, 2.45) is 7.05 Å². The van der Waals surface area contributed by atoms with E-state index >= 15 is 0 Å². The highest BCUT2D eigenvalue weighted by atomic mass is 16.7. The van der Waals surface area contributed by atoms with Crippen LogP contribution < -0.4 is 9.47 Å². The van der Waals surface area contributed by atoms with Gasteiger partial charge in [-0.25, -0.2) is 0 Å². The highest BCUT2D eigenvalue weighted by Gasteiger charge is 2.28. The summed E-state index contributed by atoms with van der Waals surface area (Å²) in [6, 6.07) is 7.02. The number of aromatic nitrogens is 2. The first kappa shape index (κ1) is 18.9. The quantitative estimate of drug-likeness (QED) is 0.768. The van der Waals surface area contributed by atoms with Crippen LogP contribution >= 0.6 is 0 Å². The molecule has 0 amide bonds. The minimum Gasteiger partial charge on any atom is -0.454 e. The topological polar surface area (TPSA) is 46.0 Å². The van der Waals surface area contributed by atoms with E-state index in [0.29, 0.717) is 12.8 Å². The van der Waals surface area contributed by atoms with Crippen LogP contribution in [-0.4, -0.2) is 76.6 Å². The van der Waals surface area contributed by atoms with Crippen molar-refractivity contribution >= 4 is 0 Å². The average Bonchev–Trinajstić information content (AvgIpc) is 3.37. The molecular formula is C22H31N5O2. The fourth-order valence-electron chi connectivity index (χ4n) is 4.87. The summed E-state index contributed by atoms with van der Waals surface area (Å²) < 4.78 is 12.8. The lowest BCUT2D eigenvalue weighted by Crippen LogP contribution is -2.54. The number of fused-ring (bicyclic) bond motifs is 1. The fraction of sp³-hybridized carbons (Fsp3) is 0.591. The Hall–Kier alpha value is -2.09. The largest absolute Gasteiger partial charge is 0.454 e. The summed E-state index contributed by atoms with van der Waals surface area (Å²) >= 11 is 0. The third-order valence-corrected chi connectivity index (χ3v) is 6.41. The Morgan fingerprint density at radius 3 is 2.62 bits per heavy atom. The van der Waals surface area contributed by atoms with E-state index in [1.807, 2.05) is 24.0 Å². The molecule has 0 saturated carbocycles. The second-order valence-corrected chi connectivity index (χ2v) is 8.55. The summed E-state index contributed by atoms with van der Waals surface area (Å²) in [5.41, 5.74) is 2.63. The summed E-state index contributed by atoms with van der Waals surface area (Å²) in [5, 5.41) is 4.31. The molecule has 1 aromatic heterocycles. The van der Waals surface area contributed by atoms with Crippen molar-refractivity contribution in [3.8, 4) is 11.5 Å². The van der Waals surface area contributed by atoms with Crippen LogP contribution in [-0.2, 0) is 20.1 Å². The summed E-state index contributed by atoms with van der Waals surface area (Å²) in [6.07, 6.45) is 6.76. The molecule has 7 heteroatoms. The summed E-state index contributed by atoms with van der Waals surface area (Å²) in [5.74, 6) is 1.75. The second kappa shape index (κ2) is 8.34. The Morgan fingerprint density at radius 1 is 0.966 bits per heavy atom. The number of hydrogen-bond donors (Lipinski definition) is 0. The molecule has 2 aromatic rings. The van der Waals surface area contributed by atoms with Gasteiger partial charge in [0.2, 0.25) is 6.79 Å². The van der Waals surface area contributed by atoms with Crippen LogP contribution in [0.3, 0.4) is 0 Å². The Labute approximate surface area is 172 Å². The molecule has 1 aromatic carbocycles. The molecule has 1 unspecified atom stereocenters. The van der Waals surface area contributed by atoms with Gasteiger partial charge in [-0.1, -0.05) is 6.07 Å². The van der Waals surface area contributed by atoms with Crippen molar-refractivity contribution in [3.05, 3.63) is 41.7 Å². The highest BCUT2D eigenvalue weighted by molar-refractivity contribution is 5.44.